The van der Waals surface area contributed by atoms with E-state index in [1.54, 1.807) is 6.92 Å². The van der Waals surface area contributed by atoms with E-state index in [0.717, 1.165) is 0 Å². The van der Waals surface area contributed by atoms with Crippen molar-refractivity contribution in [2.45, 2.75) is 23.7 Å². The van der Waals surface area contributed by atoms with Crippen molar-refractivity contribution in [2.75, 3.05) is 0 Å². The summed E-state index contributed by atoms with van der Waals surface area (Å²) in [7, 11) is 0. The lowest BCUT2D eigenvalue weighted by Gasteiger charge is -2.14. The second-order valence-corrected chi connectivity index (χ2v) is 3.91. The first-order valence-electron chi connectivity index (χ1n) is 2.52. The number of hydrogen-bond acceptors (Lipinski definition) is 0. The van der Waals surface area contributed by atoms with Crippen molar-refractivity contribution in [1.82, 2.24) is 0 Å². The fourth-order valence-electron chi connectivity index (χ4n) is 0.471. The average Bonchev–Trinajstić information content (AvgIpc) is 2.16. The Bertz CT molecular complexity index is 98.2. The summed E-state index contributed by atoms with van der Waals surface area (Å²) < 4.78 is 22.1. The first-order valence-corrected chi connectivity index (χ1v) is 3.60. The van der Waals surface area contributed by atoms with Gasteiger partial charge < -0.3 is 0 Å². The lowest BCUT2D eigenvalue weighted by Crippen LogP contribution is -2.18. The summed E-state index contributed by atoms with van der Waals surface area (Å²) in [5, 5.41) is 0. The highest BCUT2D eigenvalue weighted by Gasteiger charge is 2.56. The fourth-order valence-corrected chi connectivity index (χ4v) is 1.01. The molecule has 48 valence electrons. The van der Waals surface area contributed by atoms with Gasteiger partial charge in [0.25, 0.3) is 0 Å². The molecule has 0 aromatic rings. The Morgan fingerprint density at radius 3 is 1.88 bits per heavy atom. The Morgan fingerprint density at radius 1 is 1.50 bits per heavy atom. The highest BCUT2D eigenvalue weighted by atomic mass is 127. The van der Waals surface area contributed by atoms with Gasteiger partial charge in [0.1, 0.15) is 0 Å². The molecule has 1 aliphatic rings. The van der Waals surface area contributed by atoms with Crippen molar-refractivity contribution in [3.05, 3.63) is 0 Å². The Balaban J connectivity index is 2.58. The molecule has 0 radical (unpaired) electrons. The number of halogens is 3. The lowest BCUT2D eigenvalue weighted by atomic mass is 10.2. The molecule has 1 fully saturated rings. The zero-order valence-corrected chi connectivity index (χ0v) is 6.71. The topological polar surface area (TPSA) is 0 Å². The maximum absolute atomic E-state index is 12.3. The SMILES string of the molecule is CC1(C(F)(F)I)CC1. The van der Waals surface area contributed by atoms with Gasteiger partial charge in [-0.15, -0.1) is 0 Å². The van der Waals surface area contributed by atoms with Crippen LogP contribution in [0.15, 0.2) is 0 Å². The van der Waals surface area contributed by atoms with Crippen LogP contribution in [-0.2, 0) is 0 Å². The van der Waals surface area contributed by atoms with Crippen molar-refractivity contribution < 1.29 is 8.78 Å². The van der Waals surface area contributed by atoms with Crippen LogP contribution in [0.3, 0.4) is 0 Å². The first kappa shape index (κ1) is 6.71. The third-order valence-electron chi connectivity index (χ3n) is 1.68. The van der Waals surface area contributed by atoms with E-state index in [-0.39, 0.29) is 0 Å². The van der Waals surface area contributed by atoms with Gasteiger partial charge in [0.05, 0.1) is 0 Å². The minimum absolute atomic E-state index is 0.659. The minimum atomic E-state index is -2.48. The molecule has 0 aromatic heterocycles. The normalized spacial score (nSPS) is 25.5. The van der Waals surface area contributed by atoms with Gasteiger partial charge in [0, 0.05) is 5.41 Å². The van der Waals surface area contributed by atoms with Crippen molar-refractivity contribution >= 4 is 22.6 Å². The lowest BCUT2D eigenvalue weighted by molar-refractivity contribution is 0.0519. The zero-order valence-electron chi connectivity index (χ0n) is 4.55. The molecule has 1 rings (SSSR count). The Kier molecular flexibility index (Phi) is 1.30. The van der Waals surface area contributed by atoms with E-state index >= 15 is 0 Å². The van der Waals surface area contributed by atoms with Crippen molar-refractivity contribution in [1.29, 1.82) is 0 Å². The molecule has 1 aliphatic carbocycles. The molecular weight excluding hydrogens is 225 g/mol. The van der Waals surface area contributed by atoms with E-state index in [0.29, 0.717) is 12.8 Å². The van der Waals surface area contributed by atoms with E-state index in [1.165, 1.54) is 22.6 Å². The molecule has 0 bridgehead atoms. The molecule has 8 heavy (non-hydrogen) atoms. The Morgan fingerprint density at radius 2 is 1.88 bits per heavy atom. The van der Waals surface area contributed by atoms with Crippen LogP contribution in [0.1, 0.15) is 19.8 Å². The van der Waals surface area contributed by atoms with Crippen LogP contribution in [-0.4, -0.2) is 3.93 Å². The van der Waals surface area contributed by atoms with Gasteiger partial charge in [0.2, 0.25) is 0 Å². The highest BCUT2D eigenvalue weighted by molar-refractivity contribution is 14.1. The highest BCUT2D eigenvalue weighted by Crippen LogP contribution is 2.59. The van der Waals surface area contributed by atoms with E-state index in [1.807, 2.05) is 0 Å². The quantitative estimate of drug-likeness (QED) is 0.481. The molecule has 0 aromatic carbocycles. The molecule has 0 nitrogen and oxygen atoms in total. The molecule has 0 saturated heterocycles. The van der Waals surface area contributed by atoms with Crippen molar-refractivity contribution in [3.63, 3.8) is 0 Å². The van der Waals surface area contributed by atoms with E-state index in [2.05, 4.69) is 0 Å². The van der Waals surface area contributed by atoms with Crippen LogP contribution in [0.2, 0.25) is 0 Å². The van der Waals surface area contributed by atoms with Crippen LogP contribution >= 0.6 is 22.6 Å². The van der Waals surface area contributed by atoms with Crippen molar-refractivity contribution in [3.8, 4) is 0 Å². The molecule has 0 atom stereocenters. The van der Waals surface area contributed by atoms with Crippen LogP contribution in [0.4, 0.5) is 8.78 Å². The first-order chi connectivity index (χ1) is 3.46. The standard InChI is InChI=1S/C5H7F2I/c1-4(2-3-4)5(6,7)8/h2-3H2,1H3. The zero-order chi connectivity index (χ0) is 6.41. The predicted octanol–water partition coefficient (Wildman–Crippen LogP) is 2.81. The largest absolute Gasteiger partial charge is 0.301 e. The number of alkyl halides is 3. The summed E-state index contributed by atoms with van der Waals surface area (Å²) in [6.07, 6.45) is 1.37. The van der Waals surface area contributed by atoms with E-state index < -0.39 is 9.34 Å². The summed E-state index contributed by atoms with van der Waals surface area (Å²) >= 11 is 1.21. The number of hydrogen-bond donors (Lipinski definition) is 0. The smallest absolute Gasteiger partial charge is 0.194 e. The maximum atomic E-state index is 12.3. The third kappa shape index (κ3) is 0.967. The molecular formula is C5H7F2I. The van der Waals surface area contributed by atoms with Crippen molar-refractivity contribution in [2.24, 2.45) is 5.41 Å². The van der Waals surface area contributed by atoms with Crippen LogP contribution in [0, 0.1) is 5.41 Å². The second kappa shape index (κ2) is 1.55. The molecule has 0 spiro atoms. The Hall–Kier alpha value is 0.590. The van der Waals surface area contributed by atoms with E-state index in [9.17, 15) is 8.78 Å². The average molecular weight is 232 g/mol. The summed E-state index contributed by atoms with van der Waals surface area (Å²) in [5.74, 6) is 0. The molecule has 0 N–H and O–H groups in total. The van der Waals surface area contributed by atoms with Gasteiger partial charge >= 0.3 is 3.93 Å². The summed E-state index contributed by atoms with van der Waals surface area (Å²) in [4.78, 5) is 0. The summed E-state index contributed by atoms with van der Waals surface area (Å²) in [6, 6.07) is 0. The van der Waals surface area contributed by atoms with Crippen LogP contribution in [0.5, 0.6) is 0 Å². The van der Waals surface area contributed by atoms with Crippen LogP contribution in [0.25, 0.3) is 0 Å². The van der Waals surface area contributed by atoms with Gasteiger partial charge in [-0.05, 0) is 35.4 Å². The minimum Gasteiger partial charge on any atom is -0.194 e. The third-order valence-corrected chi connectivity index (χ3v) is 2.99. The van der Waals surface area contributed by atoms with E-state index in [4.69, 9.17) is 0 Å². The molecule has 0 aliphatic heterocycles. The number of rotatable bonds is 1. The summed E-state index contributed by atoms with van der Waals surface area (Å²) in [6.45, 7) is 1.62. The van der Waals surface area contributed by atoms with Gasteiger partial charge in [-0.2, -0.15) is 8.78 Å². The molecule has 0 unspecified atom stereocenters. The van der Waals surface area contributed by atoms with Crippen LogP contribution < -0.4 is 0 Å². The second-order valence-electron chi connectivity index (χ2n) is 2.56. The van der Waals surface area contributed by atoms with Gasteiger partial charge in [0.15, 0.2) is 0 Å². The monoisotopic (exact) mass is 232 g/mol. The molecule has 3 heteroatoms. The predicted molar refractivity (Wildman–Crippen MR) is 36.3 cm³/mol. The molecule has 1 saturated carbocycles. The molecule has 0 heterocycles. The fraction of sp³-hybridized carbons (Fsp3) is 1.00. The maximum Gasteiger partial charge on any atom is 0.301 e. The van der Waals surface area contributed by atoms with Gasteiger partial charge in [-0.25, -0.2) is 0 Å². The molecule has 0 amide bonds. The summed E-state index contributed by atoms with van der Waals surface area (Å²) in [5.41, 5.74) is -0.659. The van der Waals surface area contributed by atoms with Gasteiger partial charge in [-0.1, -0.05) is 6.92 Å². The van der Waals surface area contributed by atoms with Gasteiger partial charge in [-0.3, -0.25) is 0 Å². The Labute approximate surface area is 60.8 Å².